The van der Waals surface area contributed by atoms with E-state index in [1.807, 2.05) is 31.0 Å². The highest BCUT2D eigenvalue weighted by molar-refractivity contribution is 6.30. The van der Waals surface area contributed by atoms with Crippen LogP contribution in [0, 0.1) is 0 Å². The van der Waals surface area contributed by atoms with Gasteiger partial charge in [0, 0.05) is 32.3 Å². The smallest absolute Gasteiger partial charge is 0.241 e. The Labute approximate surface area is 154 Å². The number of rotatable bonds is 10. The number of ether oxygens (including phenoxy) is 2. The van der Waals surface area contributed by atoms with Crippen LogP contribution >= 0.6 is 11.6 Å². The molecule has 25 heavy (non-hydrogen) atoms. The van der Waals surface area contributed by atoms with Gasteiger partial charge in [-0.15, -0.1) is 0 Å². The lowest BCUT2D eigenvalue weighted by molar-refractivity contribution is -0.119. The molecule has 1 aromatic rings. The number of amides is 1. The van der Waals surface area contributed by atoms with Gasteiger partial charge in [-0.1, -0.05) is 17.7 Å². The van der Waals surface area contributed by atoms with Gasteiger partial charge in [-0.05, 0) is 25.1 Å². The number of carbonyl (C=O) groups excluding carboxylic acids is 1. The molecule has 1 amide bonds. The van der Waals surface area contributed by atoms with E-state index in [1.165, 1.54) is 0 Å². The van der Waals surface area contributed by atoms with E-state index >= 15 is 0 Å². The Bertz CT molecular complexity index is 554. The number of hydrogen-bond acceptors (Lipinski definition) is 4. The summed E-state index contributed by atoms with van der Waals surface area (Å²) in [7, 11) is 3.49. The molecule has 7 nitrogen and oxygen atoms in total. The highest BCUT2D eigenvalue weighted by atomic mass is 35.5. The number of methoxy groups -OCH3 is 1. The first kappa shape index (κ1) is 21.1. The van der Waals surface area contributed by atoms with E-state index in [2.05, 4.69) is 15.6 Å². The number of carbonyl (C=O) groups is 1. The number of guanidine groups is 1. The van der Waals surface area contributed by atoms with Crippen molar-refractivity contribution in [3.63, 3.8) is 0 Å². The number of benzene rings is 1. The quantitative estimate of drug-likeness (QED) is 0.370. The van der Waals surface area contributed by atoms with Crippen molar-refractivity contribution in [2.75, 3.05) is 53.6 Å². The fraction of sp³-hybridized carbons (Fsp3) is 0.529. The van der Waals surface area contributed by atoms with E-state index in [4.69, 9.17) is 21.1 Å². The first-order valence-electron chi connectivity index (χ1n) is 8.20. The van der Waals surface area contributed by atoms with E-state index in [0.717, 1.165) is 5.75 Å². The van der Waals surface area contributed by atoms with E-state index < -0.39 is 0 Å². The molecule has 0 aliphatic carbocycles. The van der Waals surface area contributed by atoms with E-state index in [1.54, 1.807) is 19.2 Å². The zero-order valence-corrected chi connectivity index (χ0v) is 15.8. The average molecular weight is 371 g/mol. The predicted molar refractivity (Wildman–Crippen MR) is 100 cm³/mol. The highest BCUT2D eigenvalue weighted by Gasteiger charge is 2.07. The topological polar surface area (TPSA) is 75.2 Å². The molecule has 0 fully saturated rings. The van der Waals surface area contributed by atoms with Crippen LogP contribution in [0.25, 0.3) is 0 Å². The van der Waals surface area contributed by atoms with Crippen LogP contribution in [0.1, 0.15) is 6.92 Å². The lowest BCUT2D eigenvalue weighted by Gasteiger charge is -2.22. The SMILES string of the molecule is CCNC(=NCC(=O)NCCOC)N(C)CCOc1cccc(Cl)c1. The molecule has 0 aromatic heterocycles. The van der Waals surface area contributed by atoms with Crippen LogP contribution in [0.5, 0.6) is 5.75 Å². The van der Waals surface area contributed by atoms with Crippen molar-refractivity contribution in [2.24, 2.45) is 4.99 Å². The van der Waals surface area contributed by atoms with Gasteiger partial charge in [0.25, 0.3) is 0 Å². The number of nitrogens with one attached hydrogen (secondary N) is 2. The molecule has 2 N–H and O–H groups in total. The van der Waals surface area contributed by atoms with Gasteiger partial charge in [0.05, 0.1) is 13.2 Å². The second-order valence-electron chi connectivity index (χ2n) is 5.24. The molecule has 0 saturated carbocycles. The van der Waals surface area contributed by atoms with Crippen LogP contribution in [-0.2, 0) is 9.53 Å². The van der Waals surface area contributed by atoms with Crippen LogP contribution in [0.3, 0.4) is 0 Å². The second kappa shape index (κ2) is 12.4. The summed E-state index contributed by atoms with van der Waals surface area (Å²) in [5, 5.41) is 6.53. The van der Waals surface area contributed by atoms with Crippen molar-refractivity contribution in [3.05, 3.63) is 29.3 Å². The van der Waals surface area contributed by atoms with Crippen molar-refractivity contribution >= 4 is 23.5 Å². The Hall–Kier alpha value is -1.99. The van der Waals surface area contributed by atoms with Crippen LogP contribution in [0.4, 0.5) is 0 Å². The van der Waals surface area contributed by atoms with Crippen molar-refractivity contribution in [2.45, 2.75) is 6.92 Å². The standard InChI is InChI=1S/C17H27ClN4O3/c1-4-19-17(21-13-16(23)20-8-10-24-3)22(2)9-11-25-15-7-5-6-14(18)12-15/h5-7,12H,4,8-11,13H2,1-3H3,(H,19,21)(H,20,23). The van der Waals surface area contributed by atoms with E-state index in [-0.39, 0.29) is 12.5 Å². The zero-order valence-electron chi connectivity index (χ0n) is 15.0. The third kappa shape index (κ3) is 9.16. The Morgan fingerprint density at radius 1 is 1.32 bits per heavy atom. The lowest BCUT2D eigenvalue weighted by Crippen LogP contribution is -2.41. The Morgan fingerprint density at radius 3 is 2.80 bits per heavy atom. The van der Waals surface area contributed by atoms with Crippen LogP contribution in [0.15, 0.2) is 29.3 Å². The second-order valence-corrected chi connectivity index (χ2v) is 5.68. The summed E-state index contributed by atoms with van der Waals surface area (Å²) in [4.78, 5) is 18.0. The number of nitrogens with zero attached hydrogens (tertiary/aromatic N) is 2. The predicted octanol–water partition coefficient (Wildman–Crippen LogP) is 1.38. The number of aliphatic imine (C=N–C) groups is 1. The lowest BCUT2D eigenvalue weighted by atomic mass is 10.3. The summed E-state index contributed by atoms with van der Waals surface area (Å²) in [6.45, 7) is 4.80. The molecule has 0 unspecified atom stereocenters. The fourth-order valence-electron chi connectivity index (χ4n) is 1.93. The first-order chi connectivity index (χ1) is 12.1. The molecule has 1 rings (SSSR count). The van der Waals surface area contributed by atoms with Crippen molar-refractivity contribution in [1.82, 2.24) is 15.5 Å². The maximum Gasteiger partial charge on any atom is 0.241 e. The molecular formula is C17H27ClN4O3. The van der Waals surface area contributed by atoms with Gasteiger partial charge in [-0.2, -0.15) is 0 Å². The summed E-state index contributed by atoms with van der Waals surface area (Å²) in [5.41, 5.74) is 0. The Morgan fingerprint density at radius 2 is 2.12 bits per heavy atom. The van der Waals surface area contributed by atoms with Gasteiger partial charge in [0.2, 0.25) is 5.91 Å². The van der Waals surface area contributed by atoms with E-state index in [0.29, 0.717) is 43.8 Å². The van der Waals surface area contributed by atoms with Crippen molar-refractivity contribution in [1.29, 1.82) is 0 Å². The maximum absolute atomic E-state index is 11.7. The maximum atomic E-state index is 11.7. The first-order valence-corrected chi connectivity index (χ1v) is 8.58. The third-order valence-electron chi connectivity index (χ3n) is 3.19. The van der Waals surface area contributed by atoms with Crippen LogP contribution in [-0.4, -0.2) is 70.3 Å². The minimum absolute atomic E-state index is 0.0610. The van der Waals surface area contributed by atoms with Crippen LogP contribution in [0.2, 0.25) is 5.02 Å². The van der Waals surface area contributed by atoms with Gasteiger partial charge < -0.3 is 25.0 Å². The molecule has 1 aromatic carbocycles. The molecule has 0 aliphatic rings. The minimum atomic E-state index is -0.143. The fourth-order valence-corrected chi connectivity index (χ4v) is 2.11. The molecule has 0 spiro atoms. The van der Waals surface area contributed by atoms with Crippen molar-refractivity contribution < 1.29 is 14.3 Å². The Balaban J connectivity index is 2.44. The number of halogens is 1. The number of hydrogen-bond donors (Lipinski definition) is 2. The van der Waals surface area contributed by atoms with Crippen LogP contribution < -0.4 is 15.4 Å². The molecule has 0 heterocycles. The van der Waals surface area contributed by atoms with Gasteiger partial charge in [0.15, 0.2) is 5.96 Å². The third-order valence-corrected chi connectivity index (χ3v) is 3.42. The van der Waals surface area contributed by atoms with Gasteiger partial charge in [0.1, 0.15) is 18.9 Å². The van der Waals surface area contributed by atoms with Gasteiger partial charge >= 0.3 is 0 Å². The molecule has 140 valence electrons. The molecule has 0 aliphatic heterocycles. The van der Waals surface area contributed by atoms with E-state index in [9.17, 15) is 4.79 Å². The largest absolute Gasteiger partial charge is 0.492 e. The average Bonchev–Trinajstić information content (AvgIpc) is 2.58. The molecular weight excluding hydrogens is 344 g/mol. The molecule has 8 heteroatoms. The summed E-state index contributed by atoms with van der Waals surface area (Å²) in [6, 6.07) is 7.27. The summed E-state index contributed by atoms with van der Waals surface area (Å²) in [5.74, 6) is 1.23. The normalized spacial score (nSPS) is 11.1. The highest BCUT2D eigenvalue weighted by Crippen LogP contribution is 2.16. The summed E-state index contributed by atoms with van der Waals surface area (Å²) >= 11 is 5.93. The minimum Gasteiger partial charge on any atom is -0.492 e. The van der Waals surface area contributed by atoms with Gasteiger partial charge in [-0.3, -0.25) is 4.79 Å². The summed E-state index contributed by atoms with van der Waals surface area (Å²) < 4.78 is 10.6. The Kier molecular flexibility index (Phi) is 10.4. The van der Waals surface area contributed by atoms with Crippen molar-refractivity contribution in [3.8, 4) is 5.75 Å². The molecule has 0 saturated heterocycles. The molecule has 0 radical (unpaired) electrons. The molecule has 0 bridgehead atoms. The van der Waals surface area contributed by atoms with Gasteiger partial charge in [-0.25, -0.2) is 4.99 Å². The summed E-state index contributed by atoms with van der Waals surface area (Å²) in [6.07, 6.45) is 0. The molecule has 0 atom stereocenters. The monoisotopic (exact) mass is 370 g/mol. The number of likely N-dealkylation sites (N-methyl/N-ethyl adjacent to an activating group) is 1. The zero-order chi connectivity index (χ0) is 18.5.